The summed E-state index contributed by atoms with van der Waals surface area (Å²) in [5.74, 6) is 1.76. The number of nitrogens with one attached hydrogen (secondary N) is 1. The first kappa shape index (κ1) is 15.6. The van der Waals surface area contributed by atoms with Crippen molar-refractivity contribution in [2.24, 2.45) is 11.8 Å². The molecule has 0 radical (unpaired) electrons. The van der Waals surface area contributed by atoms with Crippen molar-refractivity contribution in [2.45, 2.75) is 41.8 Å². The average molecular weight is 354 g/mol. The summed E-state index contributed by atoms with van der Waals surface area (Å²) in [6, 6.07) is 6.63. The molecule has 1 aromatic heterocycles. The number of benzene rings is 1. The Kier molecular flexibility index (Phi) is 3.91. The highest BCUT2D eigenvalue weighted by Gasteiger charge is 2.38. The smallest absolute Gasteiger partial charge is 0.163 e. The molecule has 2 unspecified atom stereocenters. The Morgan fingerprint density at radius 2 is 1.96 bits per heavy atom. The van der Waals surface area contributed by atoms with E-state index < -0.39 is 0 Å². The molecule has 0 amide bonds. The van der Waals surface area contributed by atoms with Gasteiger partial charge in [0.2, 0.25) is 0 Å². The molecule has 5 nitrogen and oxygen atoms in total. The number of hydrogen-bond donors (Lipinski definition) is 2. The predicted molar refractivity (Wildman–Crippen MR) is 98.0 cm³/mol. The minimum absolute atomic E-state index is 0.0818. The molecule has 0 spiro atoms. The zero-order valence-electron chi connectivity index (χ0n) is 14.1. The molecular weight excluding hydrogens is 332 g/mol. The van der Waals surface area contributed by atoms with Crippen molar-refractivity contribution in [1.82, 2.24) is 14.9 Å². The highest BCUT2D eigenvalue weighted by molar-refractivity contribution is 7.99. The third kappa shape index (κ3) is 2.92. The van der Waals surface area contributed by atoms with Crippen molar-refractivity contribution in [3.05, 3.63) is 36.2 Å². The number of aromatic nitrogens is 2. The van der Waals surface area contributed by atoms with Gasteiger partial charge in [-0.3, -0.25) is 4.90 Å². The van der Waals surface area contributed by atoms with Gasteiger partial charge in [-0.05, 0) is 42.4 Å². The number of hydrogen-bond acceptors (Lipinski definition) is 6. The number of piperidine rings is 1. The molecule has 3 aliphatic rings. The second-order valence-corrected chi connectivity index (χ2v) is 8.43. The first-order valence-electron chi connectivity index (χ1n) is 9.05. The molecule has 25 heavy (non-hydrogen) atoms. The van der Waals surface area contributed by atoms with Gasteiger partial charge in [-0.25, -0.2) is 9.97 Å². The van der Waals surface area contributed by atoms with Crippen LogP contribution in [-0.2, 0) is 6.54 Å². The van der Waals surface area contributed by atoms with Crippen molar-refractivity contribution in [3.63, 3.8) is 0 Å². The summed E-state index contributed by atoms with van der Waals surface area (Å²) in [6.07, 6.45) is 6.99. The van der Waals surface area contributed by atoms with Crippen molar-refractivity contribution < 1.29 is 5.11 Å². The summed E-state index contributed by atoms with van der Waals surface area (Å²) in [5, 5.41) is 14.7. The number of aliphatic hydroxyl groups excluding tert-OH is 1. The van der Waals surface area contributed by atoms with Gasteiger partial charge in [0, 0.05) is 36.9 Å². The van der Waals surface area contributed by atoms with Crippen molar-refractivity contribution >= 4 is 23.3 Å². The third-order valence-corrected chi connectivity index (χ3v) is 6.74. The lowest BCUT2D eigenvalue weighted by Crippen LogP contribution is -2.51. The molecule has 1 aromatic carbocycles. The molecule has 3 heterocycles. The maximum atomic E-state index is 10.4. The molecule has 130 valence electrons. The SMILES string of the molecule is OC1C2CCCC1CN(Cc1ccc3c(c1)Nc1nccnc1S3)C2. The van der Waals surface area contributed by atoms with Crippen LogP contribution < -0.4 is 5.32 Å². The molecule has 2 fully saturated rings. The Bertz CT molecular complexity index is 785. The fourth-order valence-corrected chi connectivity index (χ4v) is 5.35. The second-order valence-electron chi connectivity index (χ2n) is 7.40. The Morgan fingerprint density at radius 3 is 2.80 bits per heavy atom. The third-order valence-electron chi connectivity index (χ3n) is 5.68. The fourth-order valence-electron chi connectivity index (χ4n) is 4.47. The van der Waals surface area contributed by atoms with Crippen LogP contribution in [0.15, 0.2) is 40.5 Å². The summed E-state index contributed by atoms with van der Waals surface area (Å²) in [5.41, 5.74) is 2.43. The minimum atomic E-state index is -0.0818. The van der Waals surface area contributed by atoms with Gasteiger partial charge in [0.15, 0.2) is 5.82 Å². The molecule has 1 saturated carbocycles. The Morgan fingerprint density at radius 1 is 1.16 bits per heavy atom. The maximum Gasteiger partial charge on any atom is 0.163 e. The van der Waals surface area contributed by atoms with E-state index in [1.54, 1.807) is 24.2 Å². The van der Waals surface area contributed by atoms with Crippen molar-refractivity contribution in [3.8, 4) is 0 Å². The monoisotopic (exact) mass is 354 g/mol. The van der Waals surface area contributed by atoms with Crippen LogP contribution in [0.3, 0.4) is 0 Å². The van der Waals surface area contributed by atoms with E-state index in [2.05, 4.69) is 38.4 Å². The zero-order chi connectivity index (χ0) is 16.8. The van der Waals surface area contributed by atoms with Gasteiger partial charge >= 0.3 is 0 Å². The topological polar surface area (TPSA) is 61.3 Å². The first-order valence-corrected chi connectivity index (χ1v) is 9.87. The lowest BCUT2D eigenvalue weighted by Gasteiger charge is -2.45. The standard InChI is InChI=1S/C19H22N4OS/c24-17-13-2-1-3-14(17)11-23(10-13)9-12-4-5-16-15(8-12)22-18-19(25-16)21-7-6-20-18/h4-8,13-14,17,24H,1-3,9-11H2,(H,20,22). The number of rotatable bonds is 2. The van der Waals surface area contributed by atoms with E-state index in [-0.39, 0.29) is 6.10 Å². The van der Waals surface area contributed by atoms with Gasteiger partial charge in [0.05, 0.1) is 11.8 Å². The van der Waals surface area contributed by atoms with Crippen LogP contribution in [0.4, 0.5) is 11.5 Å². The Labute approximate surface area is 151 Å². The first-order chi connectivity index (χ1) is 12.3. The van der Waals surface area contributed by atoms with E-state index in [1.807, 2.05) is 0 Å². The molecule has 1 saturated heterocycles. The largest absolute Gasteiger partial charge is 0.392 e. The van der Waals surface area contributed by atoms with Crippen LogP contribution in [0.2, 0.25) is 0 Å². The van der Waals surface area contributed by atoms with Gasteiger partial charge in [-0.1, -0.05) is 24.2 Å². The van der Waals surface area contributed by atoms with Crippen LogP contribution >= 0.6 is 11.8 Å². The molecule has 2 N–H and O–H groups in total. The molecule has 2 atom stereocenters. The van der Waals surface area contributed by atoms with Gasteiger partial charge in [-0.15, -0.1) is 0 Å². The lowest BCUT2D eigenvalue weighted by molar-refractivity contribution is -0.0517. The molecule has 2 aromatic rings. The molecule has 2 aliphatic heterocycles. The van der Waals surface area contributed by atoms with Crippen LogP contribution in [0, 0.1) is 11.8 Å². The maximum absolute atomic E-state index is 10.4. The number of anilines is 2. The minimum Gasteiger partial charge on any atom is -0.392 e. The number of fused-ring (bicyclic) bond motifs is 4. The van der Waals surface area contributed by atoms with E-state index in [0.717, 1.165) is 36.2 Å². The Hall–Kier alpha value is -1.63. The van der Waals surface area contributed by atoms with Crippen molar-refractivity contribution in [1.29, 1.82) is 0 Å². The molecule has 1 aliphatic carbocycles. The molecular formula is C19H22N4OS. The average Bonchev–Trinajstić information content (AvgIpc) is 2.61. The van der Waals surface area contributed by atoms with E-state index in [0.29, 0.717) is 11.8 Å². The number of nitrogens with zero attached hydrogens (tertiary/aromatic N) is 3. The summed E-state index contributed by atoms with van der Waals surface area (Å²) in [4.78, 5) is 12.5. The summed E-state index contributed by atoms with van der Waals surface area (Å²) in [6.45, 7) is 2.99. The van der Waals surface area contributed by atoms with E-state index in [1.165, 1.54) is 29.7 Å². The number of likely N-dealkylation sites (tertiary alicyclic amines) is 1. The summed E-state index contributed by atoms with van der Waals surface area (Å²) >= 11 is 1.67. The van der Waals surface area contributed by atoms with Crippen LogP contribution in [0.1, 0.15) is 24.8 Å². The molecule has 5 rings (SSSR count). The normalized spacial score (nSPS) is 28.0. The fraction of sp³-hybridized carbons (Fsp3) is 0.474. The van der Waals surface area contributed by atoms with Crippen LogP contribution in [0.25, 0.3) is 0 Å². The van der Waals surface area contributed by atoms with Gasteiger partial charge in [-0.2, -0.15) is 0 Å². The van der Waals surface area contributed by atoms with Gasteiger partial charge < -0.3 is 10.4 Å². The van der Waals surface area contributed by atoms with E-state index in [4.69, 9.17) is 0 Å². The predicted octanol–water partition coefficient (Wildman–Crippen LogP) is 3.28. The van der Waals surface area contributed by atoms with Gasteiger partial charge in [0.1, 0.15) is 5.03 Å². The number of aliphatic hydroxyl groups is 1. The molecule has 2 bridgehead atoms. The molecule has 6 heteroatoms. The van der Waals surface area contributed by atoms with Crippen molar-refractivity contribution in [2.75, 3.05) is 18.4 Å². The summed E-state index contributed by atoms with van der Waals surface area (Å²) < 4.78 is 0. The highest BCUT2D eigenvalue weighted by atomic mass is 32.2. The zero-order valence-corrected chi connectivity index (χ0v) is 14.9. The lowest BCUT2D eigenvalue weighted by atomic mass is 9.75. The summed E-state index contributed by atoms with van der Waals surface area (Å²) in [7, 11) is 0. The quantitative estimate of drug-likeness (QED) is 0.736. The van der Waals surface area contributed by atoms with E-state index >= 15 is 0 Å². The highest BCUT2D eigenvalue weighted by Crippen LogP contribution is 2.42. The van der Waals surface area contributed by atoms with E-state index in [9.17, 15) is 5.11 Å². The second kappa shape index (κ2) is 6.27. The Balaban J connectivity index is 1.33. The van der Waals surface area contributed by atoms with Gasteiger partial charge in [0.25, 0.3) is 0 Å². The van der Waals surface area contributed by atoms with Crippen LogP contribution in [0.5, 0.6) is 0 Å². The van der Waals surface area contributed by atoms with Crippen LogP contribution in [-0.4, -0.2) is 39.2 Å².